The van der Waals surface area contributed by atoms with E-state index in [1.165, 1.54) is 4.90 Å². The smallest absolute Gasteiger partial charge is 0.318 e. The van der Waals surface area contributed by atoms with Gasteiger partial charge in [-0.25, -0.2) is 13.2 Å². The van der Waals surface area contributed by atoms with Crippen LogP contribution in [0.3, 0.4) is 0 Å². The number of morpholine rings is 1. The van der Waals surface area contributed by atoms with Crippen LogP contribution in [-0.4, -0.2) is 84.7 Å². The van der Waals surface area contributed by atoms with Crippen molar-refractivity contribution >= 4 is 21.8 Å². The Morgan fingerprint density at radius 3 is 2.33 bits per heavy atom. The van der Waals surface area contributed by atoms with E-state index < -0.39 is 45.7 Å². The number of carbonyl (C=O) groups excluding carboxylic acids is 2. The van der Waals surface area contributed by atoms with Crippen LogP contribution in [0.25, 0.3) is 11.5 Å². The van der Waals surface area contributed by atoms with Crippen molar-refractivity contribution in [1.29, 1.82) is 0 Å². The topological polar surface area (TPSA) is 164 Å². The number of hydrogen-bond donors (Lipinski definition) is 3. The predicted molar refractivity (Wildman–Crippen MR) is 155 cm³/mol. The zero-order chi connectivity index (χ0) is 30.0. The molecule has 0 bridgehead atoms. The third-order valence-corrected chi connectivity index (χ3v) is 8.47. The number of aliphatic hydroxyl groups is 1. The first-order valence-corrected chi connectivity index (χ1v) is 15.8. The third kappa shape index (κ3) is 8.84. The zero-order valence-corrected chi connectivity index (χ0v) is 24.3. The molecule has 42 heavy (non-hydrogen) atoms. The van der Waals surface area contributed by atoms with Gasteiger partial charge in [-0.1, -0.05) is 68.3 Å². The van der Waals surface area contributed by atoms with Gasteiger partial charge in [-0.05, 0) is 24.1 Å². The first-order valence-electron chi connectivity index (χ1n) is 14.0. The van der Waals surface area contributed by atoms with Gasteiger partial charge >= 0.3 is 6.03 Å². The molecular weight excluding hydrogens is 562 g/mol. The van der Waals surface area contributed by atoms with Crippen molar-refractivity contribution < 1.29 is 32.3 Å². The van der Waals surface area contributed by atoms with Crippen molar-refractivity contribution in [3.63, 3.8) is 0 Å². The highest BCUT2D eigenvalue weighted by atomic mass is 32.2. The van der Waals surface area contributed by atoms with Crippen LogP contribution >= 0.6 is 0 Å². The minimum Gasteiger partial charge on any atom is -0.418 e. The van der Waals surface area contributed by atoms with Crippen LogP contribution in [0.4, 0.5) is 4.79 Å². The molecule has 12 nitrogen and oxygen atoms in total. The molecule has 2 aromatic carbocycles. The molecule has 1 aromatic heterocycles. The number of ether oxygens (including phenoxy) is 1. The molecule has 0 spiro atoms. The van der Waals surface area contributed by atoms with Gasteiger partial charge in [0, 0.05) is 18.7 Å². The Balaban J connectivity index is 1.53. The fourth-order valence-electron chi connectivity index (χ4n) is 4.57. The van der Waals surface area contributed by atoms with E-state index in [4.69, 9.17) is 9.15 Å². The molecule has 0 saturated carbocycles. The molecule has 13 heteroatoms. The molecule has 3 aromatic rings. The number of nitrogens with one attached hydrogen (secondary N) is 2. The number of nitrogens with zero attached hydrogens (tertiary/aromatic N) is 3. The van der Waals surface area contributed by atoms with Crippen molar-refractivity contribution in [3.8, 4) is 11.5 Å². The Kier molecular flexibility index (Phi) is 11.0. The predicted octanol–water partition coefficient (Wildman–Crippen LogP) is 2.47. The Morgan fingerprint density at radius 1 is 1.00 bits per heavy atom. The molecule has 4 rings (SSSR count). The molecule has 0 aliphatic carbocycles. The molecule has 0 radical (unpaired) electrons. The molecule has 2 heterocycles. The van der Waals surface area contributed by atoms with Gasteiger partial charge in [0.1, 0.15) is 6.04 Å². The second kappa shape index (κ2) is 14.9. The maximum Gasteiger partial charge on any atom is 0.318 e. The standard InChI is InChI=1S/C29H37N5O7S/c1-2-3-14-23(25(35)28-33-32-27(41-28)22-12-8-5-9-13-22)30-26(36)24(31-29(37)34-15-17-40-18-16-34)20-42(38,39)19-21-10-6-4-7-11-21/h4-13,23-25,35H,2-3,14-20H2,1H3,(H,30,36)(H,31,37). The van der Waals surface area contributed by atoms with E-state index in [2.05, 4.69) is 20.8 Å². The average Bonchev–Trinajstić information content (AvgIpc) is 3.50. The van der Waals surface area contributed by atoms with E-state index in [0.717, 1.165) is 6.42 Å². The maximum absolute atomic E-state index is 13.6. The number of rotatable bonds is 13. The second-order valence-corrected chi connectivity index (χ2v) is 12.3. The first kappa shape index (κ1) is 31.1. The summed E-state index contributed by atoms with van der Waals surface area (Å²) in [6.45, 7) is 3.28. The van der Waals surface area contributed by atoms with Gasteiger partial charge in [0.05, 0.1) is 30.8 Å². The minimum atomic E-state index is -3.83. The molecule has 3 N–H and O–H groups in total. The molecule has 226 valence electrons. The normalized spacial score (nSPS) is 15.9. The van der Waals surface area contributed by atoms with E-state index in [1.54, 1.807) is 42.5 Å². The number of unbranched alkanes of at least 4 members (excludes halogenated alkanes) is 1. The fourth-order valence-corrected chi connectivity index (χ4v) is 6.13. The first-order chi connectivity index (χ1) is 20.3. The minimum absolute atomic E-state index is 0.0825. The maximum atomic E-state index is 13.6. The van der Waals surface area contributed by atoms with Crippen LogP contribution in [0.5, 0.6) is 0 Å². The Hall–Kier alpha value is -3.81. The van der Waals surface area contributed by atoms with Crippen LogP contribution in [0.2, 0.25) is 0 Å². The lowest BCUT2D eigenvalue weighted by atomic mass is 10.0. The number of sulfone groups is 1. The summed E-state index contributed by atoms with van der Waals surface area (Å²) in [5.74, 6) is -1.53. The third-order valence-electron chi connectivity index (χ3n) is 6.85. The molecule has 1 aliphatic heterocycles. The quantitative estimate of drug-likeness (QED) is 0.268. The molecule has 3 amide bonds. The van der Waals surface area contributed by atoms with Gasteiger partial charge < -0.3 is 29.8 Å². The van der Waals surface area contributed by atoms with Crippen LogP contribution in [0, 0.1) is 0 Å². The van der Waals surface area contributed by atoms with Crippen LogP contribution in [0.15, 0.2) is 65.1 Å². The highest BCUT2D eigenvalue weighted by molar-refractivity contribution is 7.90. The average molecular weight is 600 g/mol. The summed E-state index contributed by atoms with van der Waals surface area (Å²) in [6, 6.07) is 14.8. The van der Waals surface area contributed by atoms with E-state index in [0.29, 0.717) is 50.3 Å². The Bertz CT molecular complexity index is 1400. The molecular formula is C29H37N5O7S. The number of urea groups is 1. The lowest BCUT2D eigenvalue weighted by Crippen LogP contribution is -2.57. The SMILES string of the molecule is CCCCC(NC(=O)C(CS(=O)(=O)Cc1ccccc1)NC(=O)N1CCOCC1)C(O)c1nnc(-c2ccccc2)o1. The van der Waals surface area contributed by atoms with Gasteiger partial charge in [0.25, 0.3) is 0 Å². The van der Waals surface area contributed by atoms with Crippen LogP contribution in [0.1, 0.15) is 43.7 Å². The summed E-state index contributed by atoms with van der Waals surface area (Å²) >= 11 is 0. The van der Waals surface area contributed by atoms with Crippen LogP contribution in [-0.2, 0) is 25.1 Å². The van der Waals surface area contributed by atoms with E-state index >= 15 is 0 Å². The van der Waals surface area contributed by atoms with E-state index in [9.17, 15) is 23.1 Å². The zero-order valence-electron chi connectivity index (χ0n) is 23.5. The summed E-state index contributed by atoms with van der Waals surface area (Å²) in [7, 11) is -3.83. The summed E-state index contributed by atoms with van der Waals surface area (Å²) in [5, 5.41) is 24.5. The van der Waals surface area contributed by atoms with Crippen molar-refractivity contribution in [2.24, 2.45) is 0 Å². The van der Waals surface area contributed by atoms with Crippen molar-refractivity contribution in [3.05, 3.63) is 72.1 Å². The molecule has 3 unspecified atom stereocenters. The molecule has 3 atom stereocenters. The summed E-state index contributed by atoms with van der Waals surface area (Å²) < 4.78 is 37.4. The van der Waals surface area contributed by atoms with Gasteiger partial charge in [-0.15, -0.1) is 10.2 Å². The lowest BCUT2D eigenvalue weighted by Gasteiger charge is -2.30. The van der Waals surface area contributed by atoms with Gasteiger partial charge in [-0.2, -0.15) is 0 Å². The van der Waals surface area contributed by atoms with Gasteiger partial charge in [0.15, 0.2) is 15.9 Å². The van der Waals surface area contributed by atoms with E-state index in [1.807, 2.05) is 25.1 Å². The second-order valence-electron chi connectivity index (χ2n) is 10.2. The van der Waals surface area contributed by atoms with E-state index in [-0.39, 0.29) is 17.5 Å². The lowest BCUT2D eigenvalue weighted by molar-refractivity contribution is -0.124. The molecule has 1 saturated heterocycles. The number of carbonyl (C=O) groups is 2. The summed E-state index contributed by atoms with van der Waals surface area (Å²) in [5.41, 5.74) is 1.24. The number of amides is 3. The summed E-state index contributed by atoms with van der Waals surface area (Å²) in [6.07, 6.45) is 0.425. The monoisotopic (exact) mass is 599 g/mol. The van der Waals surface area contributed by atoms with Gasteiger partial charge in [0.2, 0.25) is 17.7 Å². The summed E-state index contributed by atoms with van der Waals surface area (Å²) in [4.78, 5) is 28.1. The fraction of sp³-hybridized carbons (Fsp3) is 0.448. The highest BCUT2D eigenvalue weighted by Crippen LogP contribution is 2.24. The molecule has 1 aliphatic rings. The van der Waals surface area contributed by atoms with Gasteiger partial charge in [-0.3, -0.25) is 4.79 Å². The molecule has 1 fully saturated rings. The van der Waals surface area contributed by atoms with Crippen molar-refractivity contribution in [2.45, 2.75) is 50.1 Å². The number of benzene rings is 2. The Labute approximate surface area is 245 Å². The number of aliphatic hydroxyl groups excluding tert-OH is 1. The number of hydrogen-bond acceptors (Lipinski definition) is 9. The Morgan fingerprint density at radius 2 is 1.67 bits per heavy atom. The van der Waals surface area contributed by atoms with Crippen molar-refractivity contribution in [2.75, 3.05) is 32.1 Å². The van der Waals surface area contributed by atoms with Crippen molar-refractivity contribution in [1.82, 2.24) is 25.7 Å². The highest BCUT2D eigenvalue weighted by Gasteiger charge is 2.34. The van der Waals surface area contributed by atoms with Crippen LogP contribution < -0.4 is 10.6 Å². The largest absolute Gasteiger partial charge is 0.418 e. The number of aromatic nitrogens is 2.